The first-order valence-corrected chi connectivity index (χ1v) is 3.68. The van der Waals surface area contributed by atoms with Crippen LogP contribution in [0.1, 0.15) is 0 Å². The Bertz CT molecular complexity index is 322. The first-order valence-electron chi connectivity index (χ1n) is 2.86. The van der Waals surface area contributed by atoms with E-state index in [0.29, 0.717) is 0 Å². The molecule has 0 radical (unpaired) electrons. The molecule has 0 atom stereocenters. The zero-order valence-corrected chi connectivity index (χ0v) is 5.86. The highest BCUT2D eigenvalue weighted by molar-refractivity contribution is 7.17. The second kappa shape index (κ2) is 2.02. The van der Waals surface area contributed by atoms with Gasteiger partial charge in [0.05, 0.1) is 0 Å². The molecule has 10 heavy (non-hydrogen) atoms. The van der Waals surface area contributed by atoms with E-state index in [1.165, 1.54) is 6.07 Å². The molecule has 50 valence electrons. The molecular weight excluding hydrogens is 149 g/mol. The van der Waals surface area contributed by atoms with Crippen molar-refractivity contribution in [3.05, 3.63) is 29.5 Å². The Balaban J connectivity index is 2.88. The molecule has 0 N–H and O–H groups in total. The summed E-state index contributed by atoms with van der Waals surface area (Å²) in [7, 11) is 0. The summed E-state index contributed by atoms with van der Waals surface area (Å²) in [6.45, 7) is 0. The SMILES string of the molecule is Fc1cc2cccnc2s1. The lowest BCUT2D eigenvalue weighted by molar-refractivity contribution is 0.658. The van der Waals surface area contributed by atoms with Gasteiger partial charge in [-0.15, -0.1) is 0 Å². The van der Waals surface area contributed by atoms with E-state index < -0.39 is 0 Å². The van der Waals surface area contributed by atoms with Crippen LogP contribution >= 0.6 is 11.3 Å². The van der Waals surface area contributed by atoms with Crippen LogP contribution in [-0.2, 0) is 0 Å². The summed E-state index contributed by atoms with van der Waals surface area (Å²) in [5.41, 5.74) is 0. The molecule has 2 aromatic heterocycles. The molecule has 0 fully saturated rings. The van der Waals surface area contributed by atoms with Gasteiger partial charge in [-0.25, -0.2) is 4.98 Å². The van der Waals surface area contributed by atoms with Crippen LogP contribution in [0.2, 0.25) is 0 Å². The molecule has 2 heterocycles. The van der Waals surface area contributed by atoms with Crippen LogP contribution in [0, 0.1) is 5.13 Å². The van der Waals surface area contributed by atoms with E-state index in [2.05, 4.69) is 4.98 Å². The van der Waals surface area contributed by atoms with Gasteiger partial charge in [0, 0.05) is 11.6 Å². The molecule has 0 aliphatic carbocycles. The van der Waals surface area contributed by atoms with E-state index >= 15 is 0 Å². The van der Waals surface area contributed by atoms with Crippen LogP contribution < -0.4 is 0 Å². The normalized spacial score (nSPS) is 10.5. The van der Waals surface area contributed by atoms with Gasteiger partial charge in [0.1, 0.15) is 4.83 Å². The largest absolute Gasteiger partial charge is 0.245 e. The zero-order valence-electron chi connectivity index (χ0n) is 5.04. The van der Waals surface area contributed by atoms with Crippen LogP contribution in [0.3, 0.4) is 0 Å². The Morgan fingerprint density at radius 3 is 3.20 bits per heavy atom. The Hall–Kier alpha value is -0.960. The highest BCUT2D eigenvalue weighted by atomic mass is 32.1. The van der Waals surface area contributed by atoms with Gasteiger partial charge in [0.15, 0.2) is 5.13 Å². The average Bonchev–Trinajstić information content (AvgIpc) is 2.27. The van der Waals surface area contributed by atoms with E-state index in [4.69, 9.17) is 0 Å². The lowest BCUT2D eigenvalue weighted by Crippen LogP contribution is -1.65. The second-order valence-corrected chi connectivity index (χ2v) is 2.93. The maximum atomic E-state index is 12.5. The van der Waals surface area contributed by atoms with Crippen LogP contribution in [0.5, 0.6) is 0 Å². The number of aromatic nitrogens is 1. The third-order valence-corrected chi connectivity index (χ3v) is 2.11. The van der Waals surface area contributed by atoms with Gasteiger partial charge < -0.3 is 0 Å². The molecule has 0 bridgehead atoms. The number of halogens is 1. The van der Waals surface area contributed by atoms with Crippen molar-refractivity contribution in [2.75, 3.05) is 0 Å². The number of pyridine rings is 1. The standard InChI is InChI=1S/C7H4FNS/c8-6-4-5-2-1-3-9-7(5)10-6/h1-4H. The van der Waals surface area contributed by atoms with Crippen molar-refractivity contribution in [3.8, 4) is 0 Å². The number of rotatable bonds is 0. The van der Waals surface area contributed by atoms with Crippen molar-refractivity contribution in [2.24, 2.45) is 0 Å². The van der Waals surface area contributed by atoms with Gasteiger partial charge in [-0.05, 0) is 12.1 Å². The molecule has 0 spiro atoms. The third kappa shape index (κ3) is 0.789. The van der Waals surface area contributed by atoms with Gasteiger partial charge in [0.2, 0.25) is 0 Å². The van der Waals surface area contributed by atoms with Crippen LogP contribution in [0.4, 0.5) is 4.39 Å². The van der Waals surface area contributed by atoms with Crippen LogP contribution in [0.25, 0.3) is 10.2 Å². The predicted molar refractivity (Wildman–Crippen MR) is 39.6 cm³/mol. The summed E-state index contributed by atoms with van der Waals surface area (Å²) in [6.07, 6.45) is 1.66. The molecule has 2 rings (SSSR count). The minimum Gasteiger partial charge on any atom is -0.245 e. The monoisotopic (exact) mass is 153 g/mol. The number of nitrogens with zero attached hydrogens (tertiary/aromatic N) is 1. The molecule has 3 heteroatoms. The topological polar surface area (TPSA) is 12.9 Å². The van der Waals surface area contributed by atoms with Gasteiger partial charge in [-0.3, -0.25) is 0 Å². The lowest BCUT2D eigenvalue weighted by atomic mass is 10.3. The van der Waals surface area contributed by atoms with E-state index in [1.807, 2.05) is 6.07 Å². The minimum absolute atomic E-state index is 0.172. The fraction of sp³-hybridized carbons (Fsp3) is 0. The second-order valence-electron chi connectivity index (χ2n) is 1.95. The fourth-order valence-electron chi connectivity index (χ4n) is 0.842. The lowest BCUT2D eigenvalue weighted by Gasteiger charge is -1.81. The molecule has 0 unspecified atom stereocenters. The van der Waals surface area contributed by atoms with Crippen molar-refractivity contribution >= 4 is 21.6 Å². The maximum Gasteiger partial charge on any atom is 0.179 e. The molecule has 0 aliphatic rings. The number of fused-ring (bicyclic) bond motifs is 1. The van der Waals surface area contributed by atoms with Crippen LogP contribution in [0.15, 0.2) is 24.4 Å². The first kappa shape index (κ1) is 5.80. The molecule has 0 saturated heterocycles. The van der Waals surface area contributed by atoms with Crippen LogP contribution in [-0.4, -0.2) is 4.98 Å². The maximum absolute atomic E-state index is 12.5. The smallest absolute Gasteiger partial charge is 0.179 e. The van der Waals surface area contributed by atoms with Crippen molar-refractivity contribution in [3.63, 3.8) is 0 Å². The summed E-state index contributed by atoms with van der Waals surface area (Å²) in [5, 5.41) is 0.707. The molecular formula is C7H4FNS. The van der Waals surface area contributed by atoms with E-state index in [1.54, 1.807) is 12.3 Å². The summed E-state index contributed by atoms with van der Waals surface area (Å²) < 4.78 is 12.5. The first-order chi connectivity index (χ1) is 4.86. The quantitative estimate of drug-likeness (QED) is 0.566. The van der Waals surface area contributed by atoms with Gasteiger partial charge in [-0.2, -0.15) is 4.39 Å². The van der Waals surface area contributed by atoms with E-state index in [-0.39, 0.29) is 5.13 Å². The van der Waals surface area contributed by atoms with Gasteiger partial charge >= 0.3 is 0 Å². The molecule has 1 nitrogen and oxygen atoms in total. The number of thiophene rings is 1. The van der Waals surface area contributed by atoms with Crippen molar-refractivity contribution < 1.29 is 4.39 Å². The Morgan fingerprint density at radius 2 is 2.40 bits per heavy atom. The van der Waals surface area contributed by atoms with E-state index in [9.17, 15) is 4.39 Å². The Morgan fingerprint density at radius 1 is 1.50 bits per heavy atom. The Kier molecular flexibility index (Phi) is 1.17. The summed E-state index contributed by atoms with van der Waals surface area (Å²) >= 11 is 1.07. The van der Waals surface area contributed by atoms with Crippen molar-refractivity contribution in [1.29, 1.82) is 0 Å². The van der Waals surface area contributed by atoms with Gasteiger partial charge in [0.25, 0.3) is 0 Å². The molecule has 0 aromatic carbocycles. The minimum atomic E-state index is -0.172. The van der Waals surface area contributed by atoms with Gasteiger partial charge in [-0.1, -0.05) is 17.4 Å². The fourth-order valence-corrected chi connectivity index (χ4v) is 1.57. The van der Waals surface area contributed by atoms with Crippen molar-refractivity contribution in [2.45, 2.75) is 0 Å². The van der Waals surface area contributed by atoms with E-state index in [0.717, 1.165) is 21.6 Å². The zero-order chi connectivity index (χ0) is 6.97. The van der Waals surface area contributed by atoms with Crippen molar-refractivity contribution in [1.82, 2.24) is 4.98 Å². The molecule has 2 aromatic rings. The summed E-state index contributed by atoms with van der Waals surface area (Å²) in [6, 6.07) is 5.14. The molecule has 0 amide bonds. The highest BCUT2D eigenvalue weighted by Gasteiger charge is 1.98. The number of hydrogen-bond acceptors (Lipinski definition) is 2. The summed E-state index contributed by atoms with van der Waals surface area (Å²) in [4.78, 5) is 4.74. The Labute approximate surface area is 61.1 Å². The third-order valence-electron chi connectivity index (χ3n) is 1.26. The number of hydrogen-bond donors (Lipinski definition) is 0. The average molecular weight is 153 g/mol. The molecule has 0 aliphatic heterocycles. The molecule has 0 saturated carbocycles. The highest BCUT2D eigenvalue weighted by Crippen LogP contribution is 2.20. The summed E-state index contributed by atoms with van der Waals surface area (Å²) in [5.74, 6) is 0. The predicted octanol–water partition coefficient (Wildman–Crippen LogP) is 2.44.